The van der Waals surface area contributed by atoms with E-state index in [2.05, 4.69) is 5.32 Å². The fourth-order valence-electron chi connectivity index (χ4n) is 3.43. The van der Waals surface area contributed by atoms with Gasteiger partial charge >= 0.3 is 0 Å². The first-order valence-corrected chi connectivity index (χ1v) is 12.4. The highest BCUT2D eigenvalue weighted by Gasteiger charge is 2.30. The number of rotatable bonds is 9. The molecule has 0 fully saturated rings. The van der Waals surface area contributed by atoms with Crippen molar-refractivity contribution in [1.29, 1.82) is 0 Å². The van der Waals surface area contributed by atoms with Gasteiger partial charge in [-0.1, -0.05) is 48.0 Å². The number of carbonyl (C=O) groups excluding carboxylic acids is 2. The third kappa shape index (κ3) is 6.82. The number of para-hydroxylation sites is 1. The number of nitrogens with one attached hydrogen (secondary N) is 1. The maximum Gasteiger partial charge on any atom is 0.244 e. The van der Waals surface area contributed by atoms with Crippen LogP contribution in [0.15, 0.2) is 48.5 Å². The zero-order chi connectivity index (χ0) is 24.1. The monoisotopic (exact) mass is 459 g/mol. The molecule has 0 aliphatic heterocycles. The second-order valence-corrected chi connectivity index (χ2v) is 10.3. The molecule has 0 spiro atoms. The van der Waals surface area contributed by atoms with Gasteiger partial charge in [-0.25, -0.2) is 8.42 Å². The molecule has 1 N–H and O–H groups in total. The lowest BCUT2D eigenvalue weighted by Crippen LogP contribution is -2.52. The van der Waals surface area contributed by atoms with Gasteiger partial charge in [0.2, 0.25) is 21.8 Å². The Kier molecular flexibility index (Phi) is 8.44. The van der Waals surface area contributed by atoms with Crippen molar-refractivity contribution in [1.82, 2.24) is 10.2 Å². The summed E-state index contributed by atoms with van der Waals surface area (Å²) in [4.78, 5) is 27.6. The van der Waals surface area contributed by atoms with Crippen LogP contribution in [0.3, 0.4) is 0 Å². The zero-order valence-electron chi connectivity index (χ0n) is 19.6. The zero-order valence-corrected chi connectivity index (χ0v) is 20.4. The molecule has 174 valence electrons. The number of carbonyl (C=O) groups is 2. The minimum atomic E-state index is -3.73. The Balaban J connectivity index is 2.40. The average Bonchev–Trinajstić information content (AvgIpc) is 2.69. The minimum Gasteiger partial charge on any atom is -0.352 e. The molecule has 0 saturated carbocycles. The molecule has 2 rings (SSSR count). The lowest BCUT2D eigenvalue weighted by molar-refractivity contribution is -0.139. The van der Waals surface area contributed by atoms with Crippen molar-refractivity contribution in [2.75, 3.05) is 17.1 Å². The first kappa shape index (κ1) is 25.4. The number of anilines is 1. The Bertz CT molecular complexity index is 1070. The summed E-state index contributed by atoms with van der Waals surface area (Å²) < 4.78 is 26.2. The molecular formula is C24H33N3O4S. The lowest BCUT2D eigenvalue weighted by Gasteiger charge is -2.32. The molecule has 0 heterocycles. The SMILES string of the molecule is Cc1cccc(CN(C(=O)CN(c2ccccc2C)S(C)(=O)=O)C(C)C(=O)NC(C)C)c1. The summed E-state index contributed by atoms with van der Waals surface area (Å²) in [5.74, 6) is -0.741. The summed E-state index contributed by atoms with van der Waals surface area (Å²) in [6, 6.07) is 13.8. The van der Waals surface area contributed by atoms with E-state index in [0.29, 0.717) is 5.69 Å². The van der Waals surface area contributed by atoms with Gasteiger partial charge in [0, 0.05) is 12.6 Å². The van der Waals surface area contributed by atoms with Crippen molar-refractivity contribution in [3.8, 4) is 0 Å². The topological polar surface area (TPSA) is 86.8 Å². The van der Waals surface area contributed by atoms with Crippen LogP contribution in [0.5, 0.6) is 0 Å². The molecule has 32 heavy (non-hydrogen) atoms. The van der Waals surface area contributed by atoms with E-state index in [9.17, 15) is 18.0 Å². The molecule has 2 aromatic rings. The van der Waals surface area contributed by atoms with E-state index in [1.165, 1.54) is 4.90 Å². The van der Waals surface area contributed by atoms with Crippen molar-refractivity contribution >= 4 is 27.5 Å². The van der Waals surface area contributed by atoms with Crippen molar-refractivity contribution in [2.45, 2.75) is 53.2 Å². The molecule has 0 saturated heterocycles. The molecule has 1 atom stereocenters. The van der Waals surface area contributed by atoms with E-state index in [1.807, 2.05) is 51.1 Å². The van der Waals surface area contributed by atoms with Crippen molar-refractivity contribution in [3.05, 3.63) is 65.2 Å². The van der Waals surface area contributed by atoms with E-state index in [1.54, 1.807) is 32.0 Å². The smallest absolute Gasteiger partial charge is 0.244 e. The third-order valence-electron chi connectivity index (χ3n) is 5.10. The summed E-state index contributed by atoms with van der Waals surface area (Å²) in [5.41, 5.74) is 3.08. The number of hydrogen-bond acceptors (Lipinski definition) is 4. The van der Waals surface area contributed by atoms with Crippen LogP contribution < -0.4 is 9.62 Å². The molecule has 7 nitrogen and oxygen atoms in total. The van der Waals surface area contributed by atoms with Gasteiger partial charge in [0.1, 0.15) is 12.6 Å². The van der Waals surface area contributed by atoms with Gasteiger partial charge in [-0.05, 0) is 51.8 Å². The van der Waals surface area contributed by atoms with Gasteiger partial charge in [-0.15, -0.1) is 0 Å². The van der Waals surface area contributed by atoms with Gasteiger partial charge in [0.05, 0.1) is 11.9 Å². The van der Waals surface area contributed by atoms with Gasteiger partial charge in [-0.3, -0.25) is 13.9 Å². The molecule has 2 aromatic carbocycles. The molecule has 0 bridgehead atoms. The van der Waals surface area contributed by atoms with Gasteiger partial charge in [-0.2, -0.15) is 0 Å². The first-order chi connectivity index (χ1) is 14.9. The maximum absolute atomic E-state index is 13.4. The van der Waals surface area contributed by atoms with E-state index in [-0.39, 0.29) is 18.5 Å². The van der Waals surface area contributed by atoms with Crippen molar-refractivity contribution < 1.29 is 18.0 Å². The number of amides is 2. The van der Waals surface area contributed by atoms with Gasteiger partial charge in [0.25, 0.3) is 0 Å². The largest absolute Gasteiger partial charge is 0.352 e. The number of benzene rings is 2. The minimum absolute atomic E-state index is 0.0830. The van der Waals surface area contributed by atoms with Crippen molar-refractivity contribution in [3.63, 3.8) is 0 Å². The summed E-state index contributed by atoms with van der Waals surface area (Å²) in [7, 11) is -3.73. The highest BCUT2D eigenvalue weighted by molar-refractivity contribution is 7.92. The molecule has 0 aliphatic rings. The Morgan fingerprint density at radius 2 is 1.66 bits per heavy atom. The summed E-state index contributed by atoms with van der Waals surface area (Å²) in [6.45, 7) is 8.90. The first-order valence-electron chi connectivity index (χ1n) is 10.6. The molecule has 0 radical (unpaired) electrons. The van der Waals surface area contributed by atoms with Crippen LogP contribution in [0.4, 0.5) is 5.69 Å². The second-order valence-electron chi connectivity index (χ2n) is 8.41. The van der Waals surface area contributed by atoms with Crippen LogP contribution in [0.1, 0.15) is 37.5 Å². The number of aryl methyl sites for hydroxylation is 2. The molecule has 0 aliphatic carbocycles. The third-order valence-corrected chi connectivity index (χ3v) is 6.22. The fraction of sp³-hybridized carbons (Fsp3) is 0.417. The Labute approximate surface area is 191 Å². The normalized spacial score (nSPS) is 12.3. The predicted molar refractivity (Wildman–Crippen MR) is 128 cm³/mol. The van der Waals surface area contributed by atoms with Crippen LogP contribution in [0, 0.1) is 13.8 Å². The molecule has 1 unspecified atom stereocenters. The van der Waals surface area contributed by atoms with E-state index in [4.69, 9.17) is 0 Å². The highest BCUT2D eigenvalue weighted by atomic mass is 32.2. The van der Waals surface area contributed by atoms with Crippen LogP contribution in [-0.4, -0.2) is 50.0 Å². The predicted octanol–water partition coefficient (Wildman–Crippen LogP) is 3.01. The number of nitrogens with zero attached hydrogens (tertiary/aromatic N) is 2. The fourth-order valence-corrected chi connectivity index (χ4v) is 4.34. The second kappa shape index (κ2) is 10.6. The Morgan fingerprint density at radius 1 is 1.00 bits per heavy atom. The quantitative estimate of drug-likeness (QED) is 0.625. The van der Waals surface area contributed by atoms with Gasteiger partial charge in [0.15, 0.2) is 0 Å². The van der Waals surface area contributed by atoms with Crippen molar-refractivity contribution in [2.24, 2.45) is 0 Å². The summed E-state index contributed by atoms with van der Waals surface area (Å²) >= 11 is 0. The van der Waals surface area contributed by atoms with E-state index < -0.39 is 28.5 Å². The molecular weight excluding hydrogens is 426 g/mol. The van der Waals surface area contributed by atoms with Crippen LogP contribution in [-0.2, 0) is 26.2 Å². The summed E-state index contributed by atoms with van der Waals surface area (Å²) in [6.07, 6.45) is 1.08. The molecule has 0 aromatic heterocycles. The lowest BCUT2D eigenvalue weighted by atomic mass is 10.1. The van der Waals surface area contributed by atoms with Crippen LogP contribution in [0.2, 0.25) is 0 Å². The standard InChI is InChI=1S/C24H33N3O4S/c1-17(2)25-24(29)20(5)26(15-21-12-9-10-18(3)14-21)23(28)16-27(32(6,30)31)22-13-8-7-11-19(22)4/h7-14,17,20H,15-16H2,1-6H3,(H,25,29). The highest BCUT2D eigenvalue weighted by Crippen LogP contribution is 2.23. The average molecular weight is 460 g/mol. The van der Waals surface area contributed by atoms with E-state index in [0.717, 1.165) is 27.3 Å². The van der Waals surface area contributed by atoms with Crippen LogP contribution in [0.25, 0.3) is 0 Å². The Morgan fingerprint density at radius 3 is 2.22 bits per heavy atom. The molecule has 2 amide bonds. The molecule has 8 heteroatoms. The van der Waals surface area contributed by atoms with Crippen LogP contribution >= 0.6 is 0 Å². The summed E-state index contributed by atoms with van der Waals surface area (Å²) in [5, 5.41) is 2.83. The Hall–Kier alpha value is -2.87. The van der Waals surface area contributed by atoms with Gasteiger partial charge < -0.3 is 10.2 Å². The van der Waals surface area contributed by atoms with E-state index >= 15 is 0 Å². The number of sulfonamides is 1. The number of hydrogen-bond donors (Lipinski definition) is 1. The maximum atomic E-state index is 13.4.